The van der Waals surface area contributed by atoms with E-state index in [0.29, 0.717) is 53.9 Å². The summed E-state index contributed by atoms with van der Waals surface area (Å²) in [7, 11) is 2.00. The zero-order chi connectivity index (χ0) is 30.7. The molecule has 1 atom stereocenters. The minimum atomic E-state index is -4.91. The third kappa shape index (κ3) is 11.0. The number of benzene rings is 3. The van der Waals surface area contributed by atoms with E-state index < -0.39 is 30.3 Å². The van der Waals surface area contributed by atoms with Gasteiger partial charge in [-0.3, -0.25) is 9.59 Å². The first kappa shape index (κ1) is 33.4. The van der Waals surface area contributed by atoms with Crippen LogP contribution in [0.25, 0.3) is 0 Å². The van der Waals surface area contributed by atoms with E-state index in [2.05, 4.69) is 4.90 Å². The van der Waals surface area contributed by atoms with Gasteiger partial charge < -0.3 is 14.7 Å². The fourth-order valence-corrected chi connectivity index (χ4v) is 5.00. The number of hydrogen-bond donors (Lipinski definition) is 1. The van der Waals surface area contributed by atoms with Crippen LogP contribution in [0.4, 0.5) is 13.2 Å². The third-order valence-corrected chi connectivity index (χ3v) is 7.58. The molecular formula is C32H34Cl2F3NO4. The Hall–Kier alpha value is -3.07. The van der Waals surface area contributed by atoms with Crippen LogP contribution in [-0.2, 0) is 9.59 Å². The molecule has 5 nitrogen and oxygen atoms in total. The average molecular weight is 625 g/mol. The van der Waals surface area contributed by atoms with Crippen molar-refractivity contribution in [2.24, 2.45) is 0 Å². The summed E-state index contributed by atoms with van der Waals surface area (Å²) in [4.78, 5) is 24.6. The van der Waals surface area contributed by atoms with Crippen molar-refractivity contribution in [2.75, 3.05) is 26.7 Å². The molecule has 0 saturated heterocycles. The number of carboxylic acid groups (broad SMARTS) is 1. The van der Waals surface area contributed by atoms with Crippen molar-refractivity contribution >= 4 is 35.0 Å². The third-order valence-electron chi connectivity index (χ3n) is 7.07. The highest BCUT2D eigenvalue weighted by Gasteiger charge is 2.39. The second-order valence-corrected chi connectivity index (χ2v) is 11.2. The number of ketones is 1. The molecule has 1 N–H and O–H groups in total. The highest BCUT2D eigenvalue weighted by molar-refractivity contribution is 6.30. The normalized spacial score (nSPS) is 12.5. The molecule has 0 heterocycles. The van der Waals surface area contributed by atoms with Crippen LogP contribution in [0.2, 0.25) is 10.0 Å². The molecule has 0 spiro atoms. The Bertz CT molecular complexity index is 1240. The number of likely N-dealkylation sites (N-methyl/N-ethyl adjacent to an activating group) is 1. The number of Topliss-reactive ketones (excluding diaryl/α,β-unsaturated/α-hetero) is 1. The maximum Gasteiger partial charge on any atom is 0.449 e. The van der Waals surface area contributed by atoms with Gasteiger partial charge in [0.25, 0.3) is 0 Å². The number of carbonyl (C=O) groups excluding carboxylic acids is 1. The van der Waals surface area contributed by atoms with Gasteiger partial charge in [0, 0.05) is 41.9 Å². The number of nitrogens with zero attached hydrogens (tertiary/aromatic N) is 1. The van der Waals surface area contributed by atoms with E-state index in [1.54, 1.807) is 24.3 Å². The zero-order valence-corrected chi connectivity index (χ0v) is 24.8. The Kier molecular flexibility index (Phi) is 12.7. The Balaban J connectivity index is 1.59. The van der Waals surface area contributed by atoms with E-state index in [-0.39, 0.29) is 18.8 Å². The Morgan fingerprint density at radius 3 is 1.88 bits per heavy atom. The maximum absolute atomic E-state index is 12.9. The molecule has 0 bridgehead atoms. The van der Waals surface area contributed by atoms with Gasteiger partial charge in [-0.25, -0.2) is 0 Å². The van der Waals surface area contributed by atoms with Crippen LogP contribution < -0.4 is 4.74 Å². The number of alkyl halides is 3. The number of hydrogen-bond acceptors (Lipinski definition) is 4. The predicted molar refractivity (Wildman–Crippen MR) is 159 cm³/mol. The first-order valence-corrected chi connectivity index (χ1v) is 14.4. The number of ether oxygens (including phenoxy) is 1. The van der Waals surface area contributed by atoms with Gasteiger partial charge in [0.05, 0.1) is 0 Å². The Morgan fingerprint density at radius 2 is 1.38 bits per heavy atom. The number of carbonyl (C=O) groups is 2. The molecule has 0 amide bonds. The lowest BCUT2D eigenvalue weighted by Crippen LogP contribution is -2.29. The molecule has 3 aromatic carbocycles. The van der Waals surface area contributed by atoms with Crippen molar-refractivity contribution in [2.45, 2.75) is 50.1 Å². The van der Waals surface area contributed by atoms with Gasteiger partial charge in [0.2, 0.25) is 5.78 Å². The second-order valence-electron chi connectivity index (χ2n) is 10.3. The molecule has 0 saturated carbocycles. The number of unbranched alkanes of at least 4 members (excludes halogenated alkanes) is 1. The van der Waals surface area contributed by atoms with E-state index in [9.17, 15) is 22.8 Å². The standard InChI is InChI=1S/C32H34Cl2F3NO4/c1-38(21-29(23-6-12-26(33)13-7-23)24-8-14-27(34)15-9-24)18-19-42-28-16-10-22(11-17-28)25(4-2-3-5-31(40)41)20-30(39)32(35,36)37/h6-17,25,29H,2-5,18-21H2,1H3,(H,40,41). The second kappa shape index (κ2) is 16.0. The van der Waals surface area contributed by atoms with Gasteiger partial charge in [-0.1, -0.05) is 66.0 Å². The summed E-state index contributed by atoms with van der Waals surface area (Å²) in [6, 6.07) is 22.2. The van der Waals surface area contributed by atoms with Crippen LogP contribution >= 0.6 is 23.2 Å². The molecule has 10 heteroatoms. The van der Waals surface area contributed by atoms with Crippen molar-refractivity contribution in [3.63, 3.8) is 0 Å². The maximum atomic E-state index is 12.9. The highest BCUT2D eigenvalue weighted by Crippen LogP contribution is 2.32. The summed E-state index contributed by atoms with van der Waals surface area (Å²) in [6.45, 7) is 1.71. The smallest absolute Gasteiger partial charge is 0.449 e. The molecule has 0 radical (unpaired) electrons. The molecule has 0 aliphatic rings. The number of aliphatic carboxylic acids is 1. The van der Waals surface area contributed by atoms with Gasteiger partial charge in [0.1, 0.15) is 12.4 Å². The van der Waals surface area contributed by atoms with Crippen LogP contribution in [0.5, 0.6) is 5.75 Å². The fraction of sp³-hybridized carbons (Fsp3) is 0.375. The van der Waals surface area contributed by atoms with Crippen LogP contribution in [0.1, 0.15) is 60.6 Å². The van der Waals surface area contributed by atoms with Gasteiger partial charge in [-0.05, 0) is 78.9 Å². The quantitative estimate of drug-likeness (QED) is 0.162. The van der Waals surface area contributed by atoms with E-state index in [1.165, 1.54) is 0 Å². The average Bonchev–Trinajstić information content (AvgIpc) is 2.94. The topological polar surface area (TPSA) is 66.8 Å². The molecule has 3 aromatic rings. The largest absolute Gasteiger partial charge is 0.492 e. The van der Waals surface area contributed by atoms with Gasteiger partial charge in [0.15, 0.2) is 0 Å². The SMILES string of the molecule is CN(CCOc1ccc(C(CCCCC(=O)O)CC(=O)C(F)(F)F)cc1)CC(c1ccc(Cl)cc1)c1ccc(Cl)cc1. The molecule has 0 aliphatic heterocycles. The minimum absolute atomic E-state index is 0.0681. The van der Waals surface area contributed by atoms with E-state index in [1.807, 2.05) is 55.6 Å². The van der Waals surface area contributed by atoms with Crippen molar-refractivity contribution in [3.05, 3.63) is 99.5 Å². The van der Waals surface area contributed by atoms with Gasteiger partial charge >= 0.3 is 12.1 Å². The lowest BCUT2D eigenvalue weighted by atomic mass is 9.88. The summed E-state index contributed by atoms with van der Waals surface area (Å²) in [5, 5.41) is 10.1. The summed E-state index contributed by atoms with van der Waals surface area (Å²) in [5.41, 5.74) is 2.82. The molecule has 3 rings (SSSR count). The highest BCUT2D eigenvalue weighted by atomic mass is 35.5. The van der Waals surface area contributed by atoms with Crippen LogP contribution in [0.3, 0.4) is 0 Å². The van der Waals surface area contributed by atoms with Crippen molar-refractivity contribution < 1.29 is 32.6 Å². The first-order chi connectivity index (χ1) is 19.9. The molecule has 0 fully saturated rings. The zero-order valence-electron chi connectivity index (χ0n) is 23.2. The molecular weight excluding hydrogens is 590 g/mol. The Morgan fingerprint density at radius 1 is 0.857 bits per heavy atom. The first-order valence-electron chi connectivity index (χ1n) is 13.7. The van der Waals surface area contributed by atoms with E-state index in [0.717, 1.165) is 11.1 Å². The number of carboxylic acids is 1. The molecule has 226 valence electrons. The van der Waals surface area contributed by atoms with Crippen LogP contribution in [0, 0.1) is 0 Å². The summed E-state index contributed by atoms with van der Waals surface area (Å²) < 4.78 is 44.7. The summed E-state index contributed by atoms with van der Waals surface area (Å²) in [6.07, 6.45) is -4.64. The van der Waals surface area contributed by atoms with E-state index in [4.69, 9.17) is 33.0 Å². The molecule has 42 heavy (non-hydrogen) atoms. The number of halogens is 5. The molecule has 0 aliphatic carbocycles. The van der Waals surface area contributed by atoms with Gasteiger partial charge in [-0.15, -0.1) is 0 Å². The number of rotatable bonds is 16. The molecule has 1 unspecified atom stereocenters. The Labute approximate surface area is 254 Å². The minimum Gasteiger partial charge on any atom is -0.492 e. The molecule has 0 aromatic heterocycles. The van der Waals surface area contributed by atoms with Crippen LogP contribution in [-0.4, -0.2) is 54.7 Å². The lowest BCUT2D eigenvalue weighted by molar-refractivity contribution is -0.171. The fourth-order valence-electron chi connectivity index (χ4n) is 4.75. The monoisotopic (exact) mass is 623 g/mol. The van der Waals surface area contributed by atoms with Crippen LogP contribution in [0.15, 0.2) is 72.8 Å². The summed E-state index contributed by atoms with van der Waals surface area (Å²) in [5.74, 6) is -2.77. The van der Waals surface area contributed by atoms with E-state index >= 15 is 0 Å². The van der Waals surface area contributed by atoms with Gasteiger partial charge in [-0.2, -0.15) is 13.2 Å². The lowest BCUT2D eigenvalue weighted by Gasteiger charge is -2.25. The van der Waals surface area contributed by atoms with Crippen molar-refractivity contribution in [1.29, 1.82) is 0 Å². The predicted octanol–water partition coefficient (Wildman–Crippen LogP) is 8.39. The van der Waals surface area contributed by atoms with Crippen molar-refractivity contribution in [3.8, 4) is 5.75 Å². The van der Waals surface area contributed by atoms with Crippen molar-refractivity contribution in [1.82, 2.24) is 4.90 Å². The summed E-state index contributed by atoms with van der Waals surface area (Å²) >= 11 is 12.2.